The Morgan fingerprint density at radius 3 is 2.37 bits per heavy atom. The molecule has 0 saturated heterocycles. The predicted octanol–water partition coefficient (Wildman–Crippen LogP) is 1.02. The second-order valence-corrected chi connectivity index (χ2v) is 5.98. The first kappa shape index (κ1) is 16.0. The van der Waals surface area contributed by atoms with Crippen LogP contribution < -0.4 is 14.2 Å². The van der Waals surface area contributed by atoms with Gasteiger partial charge < -0.3 is 14.6 Å². The van der Waals surface area contributed by atoms with Crippen molar-refractivity contribution in [1.82, 2.24) is 4.72 Å². The first-order valence-corrected chi connectivity index (χ1v) is 7.27. The van der Waals surface area contributed by atoms with Gasteiger partial charge in [-0.2, -0.15) is 0 Å². The molecule has 0 saturated carbocycles. The van der Waals surface area contributed by atoms with Crippen molar-refractivity contribution in [2.45, 2.75) is 17.9 Å². The molecule has 1 aromatic carbocycles. The minimum Gasteiger partial charge on any atom is -0.495 e. The fourth-order valence-electron chi connectivity index (χ4n) is 1.35. The molecule has 0 radical (unpaired) electrons. The molecule has 0 aliphatic carbocycles. The molecular weight excluding hydrogens is 294 g/mol. The topological polar surface area (TPSA) is 84.9 Å². The zero-order chi connectivity index (χ0) is 14.6. The lowest BCUT2D eigenvalue weighted by Gasteiger charge is -2.14. The molecule has 0 spiro atoms. The summed E-state index contributed by atoms with van der Waals surface area (Å²) in [6.45, 7) is 1.37. The number of sulfonamides is 1. The molecular formula is C11H16ClNO5S. The van der Waals surface area contributed by atoms with Crippen LogP contribution >= 0.6 is 11.6 Å². The molecule has 0 heterocycles. The second kappa shape index (κ2) is 6.42. The maximum absolute atomic E-state index is 12.1. The van der Waals surface area contributed by atoms with Crippen LogP contribution in [0, 0.1) is 0 Å². The second-order valence-electron chi connectivity index (χ2n) is 3.84. The number of halogens is 1. The van der Waals surface area contributed by atoms with Crippen LogP contribution in [0.4, 0.5) is 0 Å². The van der Waals surface area contributed by atoms with Gasteiger partial charge in [0.05, 0.1) is 25.3 Å². The molecule has 1 atom stereocenters. The Morgan fingerprint density at radius 2 is 1.89 bits per heavy atom. The van der Waals surface area contributed by atoms with Crippen molar-refractivity contribution < 1.29 is 23.0 Å². The summed E-state index contributed by atoms with van der Waals surface area (Å²) in [6.07, 6.45) is -0.796. The van der Waals surface area contributed by atoms with Crippen LogP contribution in [-0.2, 0) is 10.0 Å². The summed E-state index contributed by atoms with van der Waals surface area (Å²) >= 11 is 5.90. The van der Waals surface area contributed by atoms with Gasteiger partial charge in [0.1, 0.15) is 16.4 Å². The summed E-state index contributed by atoms with van der Waals surface area (Å²) in [5, 5.41) is 9.37. The number of aliphatic hydroxyl groups excluding tert-OH is 1. The smallest absolute Gasteiger partial charge is 0.244 e. The molecule has 0 aromatic heterocycles. The highest BCUT2D eigenvalue weighted by Gasteiger charge is 2.22. The maximum Gasteiger partial charge on any atom is 0.244 e. The van der Waals surface area contributed by atoms with Crippen LogP contribution in [-0.4, -0.2) is 40.4 Å². The minimum absolute atomic E-state index is 0.100. The number of ether oxygens (including phenoxy) is 2. The molecule has 1 rings (SSSR count). The van der Waals surface area contributed by atoms with Crippen LogP contribution in [0.15, 0.2) is 17.0 Å². The van der Waals surface area contributed by atoms with Crippen molar-refractivity contribution in [2.75, 3.05) is 20.8 Å². The number of aliphatic hydroxyl groups is 1. The Hall–Kier alpha value is -1.02. The van der Waals surface area contributed by atoms with Gasteiger partial charge in [-0.1, -0.05) is 11.6 Å². The van der Waals surface area contributed by atoms with Gasteiger partial charge in [0.2, 0.25) is 10.0 Å². The number of hydrogen-bond acceptors (Lipinski definition) is 5. The average molecular weight is 310 g/mol. The normalized spacial score (nSPS) is 13.1. The number of methoxy groups -OCH3 is 2. The van der Waals surface area contributed by atoms with E-state index in [1.165, 1.54) is 33.3 Å². The Balaban J connectivity index is 3.24. The van der Waals surface area contributed by atoms with Crippen molar-refractivity contribution in [3.8, 4) is 11.5 Å². The third-order valence-electron chi connectivity index (χ3n) is 2.30. The highest BCUT2D eigenvalue weighted by Crippen LogP contribution is 2.34. The van der Waals surface area contributed by atoms with Crippen molar-refractivity contribution >= 4 is 21.6 Å². The molecule has 1 unspecified atom stereocenters. The van der Waals surface area contributed by atoms with E-state index in [-0.39, 0.29) is 28.0 Å². The standard InChI is InChI=1S/C11H16ClNO5S/c1-7(14)6-13-19(15,16)11-5-9(17-2)8(12)4-10(11)18-3/h4-5,7,13-14H,6H2,1-3H3. The van der Waals surface area contributed by atoms with Gasteiger partial charge in [0.25, 0.3) is 0 Å². The third kappa shape index (κ3) is 3.97. The molecule has 1 aromatic rings. The highest BCUT2D eigenvalue weighted by atomic mass is 35.5. The van der Waals surface area contributed by atoms with Crippen LogP contribution in [0.3, 0.4) is 0 Å². The van der Waals surface area contributed by atoms with Gasteiger partial charge in [-0.25, -0.2) is 13.1 Å². The van der Waals surface area contributed by atoms with E-state index in [2.05, 4.69) is 4.72 Å². The Labute approximate surface area is 117 Å². The first-order valence-electron chi connectivity index (χ1n) is 5.41. The zero-order valence-corrected chi connectivity index (χ0v) is 12.4. The Bertz CT molecular complexity index is 544. The molecule has 6 nitrogen and oxygen atoms in total. The van der Waals surface area contributed by atoms with Gasteiger partial charge >= 0.3 is 0 Å². The number of rotatable bonds is 6. The van der Waals surface area contributed by atoms with Crippen molar-refractivity contribution in [3.05, 3.63) is 17.2 Å². The molecule has 108 valence electrons. The first-order chi connectivity index (χ1) is 8.81. The molecule has 0 amide bonds. The summed E-state index contributed by atoms with van der Waals surface area (Å²) in [6, 6.07) is 2.63. The zero-order valence-electron chi connectivity index (χ0n) is 10.8. The predicted molar refractivity (Wildman–Crippen MR) is 71.4 cm³/mol. The quantitative estimate of drug-likeness (QED) is 0.819. The SMILES string of the molecule is COc1cc(S(=O)(=O)NCC(C)O)c(OC)cc1Cl. The van der Waals surface area contributed by atoms with Gasteiger partial charge in [-0.15, -0.1) is 0 Å². The van der Waals surface area contributed by atoms with E-state index in [0.29, 0.717) is 0 Å². The summed E-state index contributed by atoms with van der Waals surface area (Å²) < 4.78 is 36.4. The lowest BCUT2D eigenvalue weighted by atomic mass is 10.3. The van der Waals surface area contributed by atoms with E-state index in [0.717, 1.165) is 0 Å². The molecule has 8 heteroatoms. The van der Waals surface area contributed by atoms with E-state index in [9.17, 15) is 8.42 Å². The Morgan fingerprint density at radius 1 is 1.32 bits per heavy atom. The lowest BCUT2D eigenvalue weighted by Crippen LogP contribution is -2.30. The summed E-state index contributed by atoms with van der Waals surface area (Å²) in [5.74, 6) is 0.323. The molecule has 0 aliphatic heterocycles. The number of benzene rings is 1. The fraction of sp³-hybridized carbons (Fsp3) is 0.455. The third-order valence-corrected chi connectivity index (χ3v) is 4.04. The van der Waals surface area contributed by atoms with E-state index >= 15 is 0 Å². The molecule has 0 aliphatic rings. The van der Waals surface area contributed by atoms with Crippen molar-refractivity contribution in [2.24, 2.45) is 0 Å². The van der Waals surface area contributed by atoms with Gasteiger partial charge in [-0.05, 0) is 6.92 Å². The molecule has 0 bridgehead atoms. The monoisotopic (exact) mass is 309 g/mol. The van der Waals surface area contributed by atoms with E-state index < -0.39 is 16.1 Å². The average Bonchev–Trinajstić information content (AvgIpc) is 2.35. The summed E-state index contributed by atoms with van der Waals surface area (Å²) in [5.41, 5.74) is 0. The summed E-state index contributed by atoms with van der Waals surface area (Å²) in [4.78, 5) is -0.100. The van der Waals surface area contributed by atoms with Crippen LogP contribution in [0.1, 0.15) is 6.92 Å². The molecule has 2 N–H and O–H groups in total. The maximum atomic E-state index is 12.1. The van der Waals surface area contributed by atoms with E-state index in [1.54, 1.807) is 0 Å². The largest absolute Gasteiger partial charge is 0.495 e. The molecule has 19 heavy (non-hydrogen) atoms. The van der Waals surface area contributed by atoms with Gasteiger partial charge in [0, 0.05) is 18.7 Å². The summed E-state index contributed by atoms with van der Waals surface area (Å²) in [7, 11) is -1.10. The molecule has 0 fully saturated rings. The van der Waals surface area contributed by atoms with Gasteiger partial charge in [-0.3, -0.25) is 0 Å². The van der Waals surface area contributed by atoms with E-state index in [1.807, 2.05) is 0 Å². The Kier molecular flexibility index (Phi) is 5.42. The van der Waals surface area contributed by atoms with E-state index in [4.69, 9.17) is 26.2 Å². The van der Waals surface area contributed by atoms with Crippen LogP contribution in [0.5, 0.6) is 11.5 Å². The van der Waals surface area contributed by atoms with Crippen molar-refractivity contribution in [1.29, 1.82) is 0 Å². The number of hydrogen-bond donors (Lipinski definition) is 2. The van der Waals surface area contributed by atoms with Gasteiger partial charge in [0.15, 0.2) is 0 Å². The minimum atomic E-state index is -3.82. The highest BCUT2D eigenvalue weighted by molar-refractivity contribution is 7.89. The van der Waals surface area contributed by atoms with Crippen molar-refractivity contribution in [3.63, 3.8) is 0 Å². The van der Waals surface area contributed by atoms with Crippen LogP contribution in [0.2, 0.25) is 5.02 Å². The lowest BCUT2D eigenvalue weighted by molar-refractivity contribution is 0.198. The fourth-order valence-corrected chi connectivity index (χ4v) is 2.87. The van der Waals surface area contributed by atoms with Crippen LogP contribution in [0.25, 0.3) is 0 Å². The number of nitrogens with one attached hydrogen (secondary N) is 1.